The first-order chi connectivity index (χ1) is 12.2. The van der Waals surface area contributed by atoms with Crippen LogP contribution in [0.15, 0.2) is 60.8 Å². The van der Waals surface area contributed by atoms with Crippen molar-refractivity contribution in [3.63, 3.8) is 0 Å². The van der Waals surface area contributed by atoms with Crippen LogP contribution < -0.4 is 11.1 Å². The van der Waals surface area contributed by atoms with Crippen molar-refractivity contribution in [1.29, 1.82) is 0 Å². The smallest absolute Gasteiger partial charge is 0.125 e. The van der Waals surface area contributed by atoms with E-state index in [1.165, 1.54) is 0 Å². The highest BCUT2D eigenvalue weighted by molar-refractivity contribution is 7.21. The summed E-state index contributed by atoms with van der Waals surface area (Å²) in [5, 5.41) is 4.21. The fraction of sp³-hybridized carbons (Fsp3) is 0.100. The van der Waals surface area contributed by atoms with Crippen molar-refractivity contribution in [2.75, 3.05) is 17.6 Å². The van der Waals surface area contributed by atoms with E-state index in [0.717, 1.165) is 50.0 Å². The van der Waals surface area contributed by atoms with E-state index in [2.05, 4.69) is 47.6 Å². The predicted molar refractivity (Wildman–Crippen MR) is 107 cm³/mol. The minimum absolute atomic E-state index is 0.770. The molecule has 0 unspecified atom stereocenters. The van der Waals surface area contributed by atoms with Gasteiger partial charge in [0.05, 0.1) is 10.2 Å². The normalized spacial score (nSPS) is 10.9. The molecule has 0 aliphatic carbocycles. The highest BCUT2D eigenvalue weighted by Gasteiger charge is 2.07. The third-order valence-electron chi connectivity index (χ3n) is 4.00. The number of benzene rings is 2. The number of nitrogens with one attached hydrogen (secondary N) is 1. The molecule has 0 saturated heterocycles. The van der Waals surface area contributed by atoms with Crippen LogP contribution in [0.4, 0.5) is 11.5 Å². The first-order valence-corrected chi connectivity index (χ1v) is 9.01. The van der Waals surface area contributed by atoms with Gasteiger partial charge in [0.25, 0.3) is 0 Å². The van der Waals surface area contributed by atoms with Gasteiger partial charge in [-0.25, -0.2) is 9.97 Å². The van der Waals surface area contributed by atoms with Crippen molar-refractivity contribution >= 4 is 33.1 Å². The molecular formula is C20H18N4S. The maximum absolute atomic E-state index is 5.85. The van der Waals surface area contributed by atoms with Crippen LogP contribution in [0.1, 0.15) is 6.92 Å². The Morgan fingerprint density at radius 2 is 1.72 bits per heavy atom. The third-order valence-corrected chi connectivity index (χ3v) is 5.07. The Morgan fingerprint density at radius 1 is 0.960 bits per heavy atom. The number of anilines is 2. The van der Waals surface area contributed by atoms with E-state index in [9.17, 15) is 0 Å². The lowest BCUT2D eigenvalue weighted by Crippen LogP contribution is -1.98. The Morgan fingerprint density at radius 3 is 2.44 bits per heavy atom. The van der Waals surface area contributed by atoms with Crippen LogP contribution in [0.25, 0.3) is 31.9 Å². The van der Waals surface area contributed by atoms with Gasteiger partial charge >= 0.3 is 0 Å². The SMILES string of the molecule is CCNc1ccc(-c2ccc(-c3nc4ccc(N)cc4s3)cc2)cn1. The second-order valence-corrected chi connectivity index (χ2v) is 6.82. The lowest BCUT2D eigenvalue weighted by Gasteiger charge is -2.05. The van der Waals surface area contributed by atoms with Crippen LogP contribution >= 0.6 is 11.3 Å². The average molecular weight is 346 g/mol. The third kappa shape index (κ3) is 3.19. The van der Waals surface area contributed by atoms with Gasteiger partial charge in [0.15, 0.2) is 0 Å². The average Bonchev–Trinajstić information content (AvgIpc) is 3.06. The Balaban J connectivity index is 1.62. The summed E-state index contributed by atoms with van der Waals surface area (Å²) in [6, 6.07) is 18.4. The van der Waals surface area contributed by atoms with Gasteiger partial charge in [-0.3, -0.25) is 0 Å². The molecule has 0 atom stereocenters. The molecule has 0 saturated carbocycles. The molecule has 0 spiro atoms. The number of aromatic nitrogens is 2. The van der Waals surface area contributed by atoms with Crippen LogP contribution in [0, 0.1) is 0 Å². The molecule has 5 heteroatoms. The zero-order chi connectivity index (χ0) is 17.2. The largest absolute Gasteiger partial charge is 0.399 e. The monoisotopic (exact) mass is 346 g/mol. The molecule has 4 aromatic rings. The summed E-state index contributed by atoms with van der Waals surface area (Å²) < 4.78 is 1.11. The van der Waals surface area contributed by atoms with Crippen molar-refractivity contribution in [2.45, 2.75) is 6.92 Å². The second kappa shape index (κ2) is 6.53. The summed E-state index contributed by atoms with van der Waals surface area (Å²) in [5.41, 5.74) is 11.0. The number of hydrogen-bond donors (Lipinski definition) is 2. The first-order valence-electron chi connectivity index (χ1n) is 8.20. The van der Waals surface area contributed by atoms with Gasteiger partial charge in [-0.2, -0.15) is 0 Å². The van der Waals surface area contributed by atoms with Crippen molar-refractivity contribution < 1.29 is 0 Å². The summed E-state index contributed by atoms with van der Waals surface area (Å²) >= 11 is 1.66. The topological polar surface area (TPSA) is 63.8 Å². The summed E-state index contributed by atoms with van der Waals surface area (Å²) in [5.74, 6) is 0.900. The van der Waals surface area contributed by atoms with Crippen molar-refractivity contribution in [3.05, 3.63) is 60.8 Å². The predicted octanol–water partition coefficient (Wildman–Crippen LogP) is 5.04. The van der Waals surface area contributed by atoms with E-state index in [0.29, 0.717) is 0 Å². The van der Waals surface area contributed by atoms with Gasteiger partial charge in [0.2, 0.25) is 0 Å². The van der Waals surface area contributed by atoms with Crippen LogP contribution in [0.3, 0.4) is 0 Å². The molecule has 124 valence electrons. The van der Waals surface area contributed by atoms with Gasteiger partial charge in [0, 0.05) is 29.6 Å². The molecular weight excluding hydrogens is 328 g/mol. The zero-order valence-electron chi connectivity index (χ0n) is 13.9. The molecule has 0 bridgehead atoms. The fourth-order valence-corrected chi connectivity index (χ4v) is 3.74. The number of nitrogen functional groups attached to an aromatic ring is 1. The molecule has 0 aliphatic heterocycles. The molecule has 2 heterocycles. The molecule has 4 nitrogen and oxygen atoms in total. The highest BCUT2D eigenvalue weighted by Crippen LogP contribution is 2.32. The molecule has 0 radical (unpaired) electrons. The number of thiazole rings is 1. The standard InChI is InChI=1S/C20H18N4S/c1-2-22-19-10-7-15(12-23-19)13-3-5-14(6-4-13)20-24-17-9-8-16(21)11-18(17)25-20/h3-12H,2,21H2,1H3,(H,22,23). The van der Waals surface area contributed by atoms with Crippen LogP contribution in [-0.2, 0) is 0 Å². The van der Waals surface area contributed by atoms with Crippen LogP contribution in [0.2, 0.25) is 0 Å². The van der Waals surface area contributed by atoms with Gasteiger partial charge in [-0.15, -0.1) is 11.3 Å². The molecule has 2 aromatic heterocycles. The fourth-order valence-electron chi connectivity index (χ4n) is 2.72. The zero-order valence-corrected chi connectivity index (χ0v) is 14.7. The lowest BCUT2D eigenvalue weighted by atomic mass is 10.1. The quantitative estimate of drug-likeness (QED) is 0.508. The number of nitrogens with two attached hydrogens (primary N) is 1. The second-order valence-electron chi connectivity index (χ2n) is 5.79. The van der Waals surface area contributed by atoms with Gasteiger partial charge in [-0.05, 0) is 42.8 Å². The van der Waals surface area contributed by atoms with Crippen molar-refractivity contribution in [1.82, 2.24) is 9.97 Å². The molecule has 0 amide bonds. The van der Waals surface area contributed by atoms with E-state index in [1.807, 2.05) is 30.5 Å². The minimum Gasteiger partial charge on any atom is -0.399 e. The molecule has 0 fully saturated rings. The number of hydrogen-bond acceptors (Lipinski definition) is 5. The van der Waals surface area contributed by atoms with Gasteiger partial charge in [-0.1, -0.05) is 24.3 Å². The summed E-state index contributed by atoms with van der Waals surface area (Å²) in [6.45, 7) is 2.93. The molecule has 3 N–H and O–H groups in total. The van der Waals surface area contributed by atoms with E-state index in [-0.39, 0.29) is 0 Å². The highest BCUT2D eigenvalue weighted by atomic mass is 32.1. The number of pyridine rings is 1. The molecule has 2 aromatic carbocycles. The molecule has 25 heavy (non-hydrogen) atoms. The number of rotatable bonds is 4. The Bertz CT molecular complexity index is 1000. The maximum Gasteiger partial charge on any atom is 0.125 e. The van der Waals surface area contributed by atoms with Crippen LogP contribution in [0.5, 0.6) is 0 Å². The first kappa shape index (κ1) is 15.6. The van der Waals surface area contributed by atoms with E-state index < -0.39 is 0 Å². The minimum atomic E-state index is 0.770. The Labute approximate surface area is 150 Å². The van der Waals surface area contributed by atoms with Crippen LogP contribution in [-0.4, -0.2) is 16.5 Å². The Kier molecular flexibility index (Phi) is 4.07. The van der Waals surface area contributed by atoms with Gasteiger partial charge in [0.1, 0.15) is 10.8 Å². The van der Waals surface area contributed by atoms with Crippen molar-refractivity contribution in [2.24, 2.45) is 0 Å². The lowest BCUT2D eigenvalue weighted by molar-refractivity contribution is 1.16. The molecule has 0 aliphatic rings. The van der Waals surface area contributed by atoms with E-state index in [4.69, 9.17) is 10.7 Å². The summed E-state index contributed by atoms with van der Waals surface area (Å²) in [7, 11) is 0. The molecule has 4 rings (SSSR count). The van der Waals surface area contributed by atoms with Crippen molar-refractivity contribution in [3.8, 4) is 21.7 Å². The number of nitrogens with zero attached hydrogens (tertiary/aromatic N) is 2. The summed E-state index contributed by atoms with van der Waals surface area (Å²) in [6.07, 6.45) is 1.90. The van der Waals surface area contributed by atoms with E-state index >= 15 is 0 Å². The number of fused-ring (bicyclic) bond motifs is 1. The van der Waals surface area contributed by atoms with Gasteiger partial charge < -0.3 is 11.1 Å². The Hall–Kier alpha value is -2.92. The maximum atomic E-state index is 5.85. The van der Waals surface area contributed by atoms with E-state index in [1.54, 1.807) is 11.3 Å². The summed E-state index contributed by atoms with van der Waals surface area (Å²) in [4.78, 5) is 9.13.